The molecule has 1 aromatic carbocycles. The van der Waals surface area contributed by atoms with Crippen LogP contribution in [0.3, 0.4) is 0 Å². The summed E-state index contributed by atoms with van der Waals surface area (Å²) >= 11 is 0. The van der Waals surface area contributed by atoms with Gasteiger partial charge in [-0.2, -0.15) is 10.2 Å². The molecule has 1 saturated heterocycles. The molecule has 1 amide bonds. The summed E-state index contributed by atoms with van der Waals surface area (Å²) in [6.45, 7) is 3.69. The standard InChI is InChI=1S/C20H23N5O/c1-2-14-10-23-24-19(14)17-7-4-8-25(13-17)20(26)16-6-3-5-15(9-16)18-11-21-22-12-18/h3,5-6,9-12,17H,2,4,7-8,13H2,1H3,(H,21,22)(H,23,24). The predicted molar refractivity (Wildman–Crippen MR) is 99.9 cm³/mol. The third-order valence-electron chi connectivity index (χ3n) is 5.19. The van der Waals surface area contributed by atoms with Gasteiger partial charge in [0.1, 0.15) is 0 Å². The Bertz CT molecular complexity index is 883. The number of nitrogens with one attached hydrogen (secondary N) is 2. The van der Waals surface area contributed by atoms with E-state index in [0.717, 1.165) is 49.0 Å². The van der Waals surface area contributed by atoms with Gasteiger partial charge in [0, 0.05) is 42.0 Å². The van der Waals surface area contributed by atoms with Crippen LogP contribution in [0.25, 0.3) is 11.1 Å². The van der Waals surface area contributed by atoms with Crippen LogP contribution < -0.4 is 0 Å². The lowest BCUT2D eigenvalue weighted by molar-refractivity contribution is 0.0705. The number of aromatic amines is 2. The van der Waals surface area contributed by atoms with E-state index >= 15 is 0 Å². The molecule has 0 saturated carbocycles. The van der Waals surface area contributed by atoms with Crippen LogP contribution in [0.2, 0.25) is 0 Å². The first-order valence-corrected chi connectivity index (χ1v) is 9.17. The molecular weight excluding hydrogens is 326 g/mol. The molecule has 6 nitrogen and oxygen atoms in total. The average molecular weight is 349 g/mol. The predicted octanol–water partition coefficient (Wildman–Crippen LogP) is 3.38. The van der Waals surface area contributed by atoms with Crippen LogP contribution in [0.4, 0.5) is 0 Å². The number of carbonyl (C=O) groups is 1. The number of amides is 1. The third-order valence-corrected chi connectivity index (χ3v) is 5.19. The van der Waals surface area contributed by atoms with E-state index in [1.165, 1.54) is 11.3 Å². The first kappa shape index (κ1) is 16.6. The van der Waals surface area contributed by atoms with Gasteiger partial charge >= 0.3 is 0 Å². The number of carbonyl (C=O) groups excluding carboxylic acids is 1. The zero-order valence-corrected chi connectivity index (χ0v) is 14.9. The maximum absolute atomic E-state index is 13.1. The normalized spacial score (nSPS) is 17.4. The summed E-state index contributed by atoms with van der Waals surface area (Å²) in [6.07, 6.45) is 8.58. The van der Waals surface area contributed by atoms with Gasteiger partial charge in [-0.05, 0) is 42.5 Å². The maximum Gasteiger partial charge on any atom is 0.253 e. The van der Waals surface area contributed by atoms with Crippen molar-refractivity contribution in [2.75, 3.05) is 13.1 Å². The molecule has 4 rings (SSSR count). The van der Waals surface area contributed by atoms with Crippen molar-refractivity contribution >= 4 is 5.91 Å². The van der Waals surface area contributed by atoms with E-state index in [1.54, 1.807) is 6.20 Å². The Kier molecular flexibility index (Phi) is 4.56. The Morgan fingerprint density at radius 2 is 2.19 bits per heavy atom. The monoisotopic (exact) mass is 349 g/mol. The molecular formula is C20H23N5O. The fourth-order valence-corrected chi connectivity index (χ4v) is 3.78. The van der Waals surface area contributed by atoms with Gasteiger partial charge in [0.15, 0.2) is 0 Å². The first-order chi connectivity index (χ1) is 12.8. The van der Waals surface area contributed by atoms with Gasteiger partial charge in [0.2, 0.25) is 0 Å². The molecule has 26 heavy (non-hydrogen) atoms. The Morgan fingerprint density at radius 1 is 1.27 bits per heavy atom. The van der Waals surface area contributed by atoms with E-state index in [-0.39, 0.29) is 5.91 Å². The largest absolute Gasteiger partial charge is 0.338 e. The highest BCUT2D eigenvalue weighted by atomic mass is 16.2. The number of H-pyrrole nitrogens is 2. The number of nitrogens with zero attached hydrogens (tertiary/aromatic N) is 3. The zero-order valence-electron chi connectivity index (χ0n) is 14.9. The van der Waals surface area contributed by atoms with Crippen LogP contribution in [-0.2, 0) is 6.42 Å². The number of hydrogen-bond donors (Lipinski definition) is 2. The molecule has 134 valence electrons. The van der Waals surface area contributed by atoms with E-state index in [0.29, 0.717) is 5.92 Å². The second-order valence-electron chi connectivity index (χ2n) is 6.82. The van der Waals surface area contributed by atoms with Gasteiger partial charge in [0.05, 0.1) is 12.4 Å². The van der Waals surface area contributed by atoms with Crippen molar-refractivity contribution in [1.82, 2.24) is 25.3 Å². The van der Waals surface area contributed by atoms with Crippen LogP contribution in [0, 0.1) is 0 Å². The molecule has 3 aromatic rings. The van der Waals surface area contributed by atoms with E-state index < -0.39 is 0 Å². The van der Waals surface area contributed by atoms with E-state index in [4.69, 9.17) is 0 Å². The molecule has 1 aliphatic heterocycles. The summed E-state index contributed by atoms with van der Waals surface area (Å²) in [6, 6.07) is 7.77. The SMILES string of the molecule is CCc1cn[nH]c1C1CCCN(C(=O)c2cccc(-c3cn[nH]c3)c2)C1. The van der Waals surface area contributed by atoms with Crippen LogP contribution in [0.5, 0.6) is 0 Å². The average Bonchev–Trinajstić information content (AvgIpc) is 3.39. The summed E-state index contributed by atoms with van der Waals surface area (Å²) in [7, 11) is 0. The highest BCUT2D eigenvalue weighted by Crippen LogP contribution is 2.29. The van der Waals surface area contributed by atoms with Crippen LogP contribution >= 0.6 is 0 Å². The van der Waals surface area contributed by atoms with Gasteiger partial charge in [-0.15, -0.1) is 0 Å². The van der Waals surface area contributed by atoms with E-state index in [1.807, 2.05) is 41.6 Å². The maximum atomic E-state index is 13.1. The fraction of sp³-hybridized carbons (Fsp3) is 0.350. The molecule has 1 aliphatic rings. The smallest absolute Gasteiger partial charge is 0.253 e. The van der Waals surface area contributed by atoms with Crippen molar-refractivity contribution in [1.29, 1.82) is 0 Å². The van der Waals surface area contributed by atoms with Crippen molar-refractivity contribution < 1.29 is 4.79 Å². The Labute approximate surface area is 152 Å². The van der Waals surface area contributed by atoms with Crippen molar-refractivity contribution in [2.24, 2.45) is 0 Å². The third kappa shape index (κ3) is 3.14. The van der Waals surface area contributed by atoms with Gasteiger partial charge in [-0.3, -0.25) is 15.0 Å². The summed E-state index contributed by atoms with van der Waals surface area (Å²) in [5.74, 6) is 0.430. The number of piperidine rings is 1. The van der Waals surface area contributed by atoms with Crippen molar-refractivity contribution in [2.45, 2.75) is 32.1 Å². The number of hydrogen-bond acceptors (Lipinski definition) is 3. The van der Waals surface area contributed by atoms with E-state index in [9.17, 15) is 4.79 Å². The van der Waals surface area contributed by atoms with Gasteiger partial charge in [0.25, 0.3) is 5.91 Å². The summed E-state index contributed by atoms with van der Waals surface area (Å²) in [5, 5.41) is 14.2. The highest BCUT2D eigenvalue weighted by Gasteiger charge is 2.27. The second kappa shape index (κ2) is 7.15. The first-order valence-electron chi connectivity index (χ1n) is 9.17. The Morgan fingerprint density at radius 3 is 3.00 bits per heavy atom. The van der Waals surface area contributed by atoms with Crippen LogP contribution in [-0.4, -0.2) is 44.3 Å². The molecule has 0 spiro atoms. The summed E-state index contributed by atoms with van der Waals surface area (Å²) < 4.78 is 0. The molecule has 0 bridgehead atoms. The quantitative estimate of drug-likeness (QED) is 0.758. The number of benzene rings is 1. The van der Waals surface area contributed by atoms with Crippen molar-refractivity contribution in [3.8, 4) is 11.1 Å². The summed E-state index contributed by atoms with van der Waals surface area (Å²) in [5.41, 5.74) is 5.16. The minimum absolute atomic E-state index is 0.0950. The number of likely N-dealkylation sites (tertiary alicyclic amines) is 1. The lowest BCUT2D eigenvalue weighted by Crippen LogP contribution is -2.39. The Balaban J connectivity index is 1.54. The zero-order chi connectivity index (χ0) is 17.9. The lowest BCUT2D eigenvalue weighted by Gasteiger charge is -2.33. The molecule has 2 aromatic heterocycles. The van der Waals surface area contributed by atoms with Crippen LogP contribution in [0.15, 0.2) is 42.9 Å². The molecule has 6 heteroatoms. The lowest BCUT2D eigenvalue weighted by atomic mass is 9.91. The topological polar surface area (TPSA) is 77.7 Å². The number of rotatable bonds is 4. The molecule has 1 atom stereocenters. The van der Waals surface area contributed by atoms with Gasteiger partial charge < -0.3 is 4.90 Å². The summed E-state index contributed by atoms with van der Waals surface area (Å²) in [4.78, 5) is 15.0. The molecule has 3 heterocycles. The van der Waals surface area contributed by atoms with Crippen LogP contribution in [0.1, 0.15) is 47.3 Å². The molecule has 0 radical (unpaired) electrons. The van der Waals surface area contributed by atoms with Gasteiger partial charge in [-0.25, -0.2) is 0 Å². The molecule has 1 fully saturated rings. The van der Waals surface area contributed by atoms with E-state index in [2.05, 4.69) is 27.3 Å². The highest BCUT2D eigenvalue weighted by molar-refractivity contribution is 5.95. The number of aromatic nitrogens is 4. The Hall–Kier alpha value is -2.89. The number of aryl methyl sites for hydroxylation is 1. The fourth-order valence-electron chi connectivity index (χ4n) is 3.78. The molecule has 0 aliphatic carbocycles. The molecule has 2 N–H and O–H groups in total. The van der Waals surface area contributed by atoms with Crippen molar-refractivity contribution in [3.05, 3.63) is 59.7 Å². The minimum atomic E-state index is 0.0950. The van der Waals surface area contributed by atoms with Gasteiger partial charge in [-0.1, -0.05) is 19.1 Å². The minimum Gasteiger partial charge on any atom is -0.338 e. The molecule has 1 unspecified atom stereocenters. The van der Waals surface area contributed by atoms with Crippen molar-refractivity contribution in [3.63, 3.8) is 0 Å². The second-order valence-corrected chi connectivity index (χ2v) is 6.82.